The summed E-state index contributed by atoms with van der Waals surface area (Å²) in [6.07, 6.45) is 4.18. The molecule has 0 aliphatic carbocycles. The van der Waals surface area contributed by atoms with Crippen LogP contribution in [-0.2, 0) is 4.79 Å². The molecule has 0 rings (SSSR count). The standard InChI is InChI=1S/C11H22N2O/c1-5-7-9(3)13-10(14)11(4,12)8-6-2/h5,9H,1,6-8,12H2,2-4H3,(H,13,14). The monoisotopic (exact) mass is 198 g/mol. The van der Waals surface area contributed by atoms with Crippen LogP contribution in [0, 0.1) is 0 Å². The van der Waals surface area contributed by atoms with Gasteiger partial charge in [-0.1, -0.05) is 19.4 Å². The van der Waals surface area contributed by atoms with E-state index in [2.05, 4.69) is 11.9 Å². The summed E-state index contributed by atoms with van der Waals surface area (Å²) >= 11 is 0. The SMILES string of the molecule is C=CCC(C)NC(=O)C(C)(N)CCC. The fourth-order valence-corrected chi connectivity index (χ4v) is 1.33. The summed E-state index contributed by atoms with van der Waals surface area (Å²) < 4.78 is 0. The van der Waals surface area contributed by atoms with Crippen LogP contribution in [0.3, 0.4) is 0 Å². The predicted octanol–water partition coefficient (Wildman–Crippen LogP) is 1.58. The third-order valence-electron chi connectivity index (χ3n) is 2.19. The number of nitrogens with two attached hydrogens (primary N) is 1. The largest absolute Gasteiger partial charge is 0.352 e. The van der Waals surface area contributed by atoms with E-state index in [1.165, 1.54) is 0 Å². The summed E-state index contributed by atoms with van der Waals surface area (Å²) in [4.78, 5) is 11.7. The molecule has 14 heavy (non-hydrogen) atoms. The van der Waals surface area contributed by atoms with Gasteiger partial charge < -0.3 is 11.1 Å². The number of amides is 1. The Labute approximate surface area is 86.8 Å². The number of carbonyl (C=O) groups excluding carboxylic acids is 1. The average Bonchev–Trinajstić information content (AvgIpc) is 2.04. The summed E-state index contributed by atoms with van der Waals surface area (Å²) in [7, 11) is 0. The van der Waals surface area contributed by atoms with E-state index in [-0.39, 0.29) is 11.9 Å². The first kappa shape index (κ1) is 13.2. The van der Waals surface area contributed by atoms with Crippen molar-refractivity contribution < 1.29 is 4.79 Å². The molecular weight excluding hydrogens is 176 g/mol. The lowest BCUT2D eigenvalue weighted by Gasteiger charge is -2.25. The molecule has 0 bridgehead atoms. The van der Waals surface area contributed by atoms with Gasteiger partial charge in [-0.15, -0.1) is 6.58 Å². The van der Waals surface area contributed by atoms with Gasteiger partial charge in [-0.2, -0.15) is 0 Å². The van der Waals surface area contributed by atoms with Crippen molar-refractivity contribution in [2.24, 2.45) is 5.73 Å². The Hall–Kier alpha value is -0.830. The van der Waals surface area contributed by atoms with Crippen LogP contribution in [0.4, 0.5) is 0 Å². The van der Waals surface area contributed by atoms with Crippen LogP contribution in [0.25, 0.3) is 0 Å². The van der Waals surface area contributed by atoms with E-state index in [0.717, 1.165) is 12.8 Å². The maximum absolute atomic E-state index is 11.7. The molecule has 82 valence electrons. The van der Waals surface area contributed by atoms with Gasteiger partial charge in [0.2, 0.25) is 5.91 Å². The topological polar surface area (TPSA) is 55.1 Å². The summed E-state index contributed by atoms with van der Waals surface area (Å²) in [6, 6.07) is 0.111. The molecule has 3 nitrogen and oxygen atoms in total. The van der Waals surface area contributed by atoms with Gasteiger partial charge in [-0.05, 0) is 26.7 Å². The first-order valence-electron chi connectivity index (χ1n) is 5.14. The molecule has 0 aromatic rings. The van der Waals surface area contributed by atoms with E-state index < -0.39 is 5.54 Å². The lowest BCUT2D eigenvalue weighted by atomic mass is 9.96. The highest BCUT2D eigenvalue weighted by molar-refractivity contribution is 5.85. The Balaban J connectivity index is 4.11. The third kappa shape index (κ3) is 4.42. The number of hydrogen-bond acceptors (Lipinski definition) is 2. The zero-order chi connectivity index (χ0) is 11.2. The van der Waals surface area contributed by atoms with Crippen molar-refractivity contribution >= 4 is 5.91 Å². The van der Waals surface area contributed by atoms with Crippen molar-refractivity contribution in [2.45, 2.75) is 51.6 Å². The maximum Gasteiger partial charge on any atom is 0.240 e. The second kappa shape index (κ2) is 5.81. The molecule has 1 amide bonds. The molecule has 0 heterocycles. The van der Waals surface area contributed by atoms with Crippen LogP contribution in [0.2, 0.25) is 0 Å². The maximum atomic E-state index is 11.7. The lowest BCUT2D eigenvalue weighted by Crippen LogP contribution is -2.53. The number of carbonyl (C=O) groups is 1. The second-order valence-electron chi connectivity index (χ2n) is 4.07. The van der Waals surface area contributed by atoms with E-state index in [9.17, 15) is 4.79 Å². The average molecular weight is 198 g/mol. The van der Waals surface area contributed by atoms with Crippen molar-refractivity contribution in [2.75, 3.05) is 0 Å². The van der Waals surface area contributed by atoms with E-state index in [4.69, 9.17) is 5.73 Å². The fourth-order valence-electron chi connectivity index (χ4n) is 1.33. The minimum absolute atomic E-state index is 0.0753. The molecule has 0 aliphatic rings. The van der Waals surface area contributed by atoms with Crippen molar-refractivity contribution in [3.8, 4) is 0 Å². The number of hydrogen-bond donors (Lipinski definition) is 2. The Morgan fingerprint density at radius 1 is 1.71 bits per heavy atom. The van der Waals surface area contributed by atoms with Crippen molar-refractivity contribution in [3.05, 3.63) is 12.7 Å². The van der Waals surface area contributed by atoms with Crippen LogP contribution in [0.1, 0.15) is 40.0 Å². The Kier molecular flexibility index (Phi) is 5.46. The van der Waals surface area contributed by atoms with Gasteiger partial charge in [0.1, 0.15) is 0 Å². The van der Waals surface area contributed by atoms with Crippen molar-refractivity contribution in [3.63, 3.8) is 0 Å². The molecule has 3 N–H and O–H groups in total. The van der Waals surface area contributed by atoms with Gasteiger partial charge in [-0.3, -0.25) is 4.79 Å². The number of rotatable bonds is 6. The molecule has 0 saturated heterocycles. The molecule has 0 aromatic carbocycles. The molecular formula is C11H22N2O. The van der Waals surface area contributed by atoms with Crippen LogP contribution < -0.4 is 11.1 Å². The summed E-state index contributed by atoms with van der Waals surface area (Å²) in [5, 5.41) is 2.87. The molecule has 0 aliphatic heterocycles. The molecule has 2 unspecified atom stereocenters. The highest BCUT2D eigenvalue weighted by Gasteiger charge is 2.27. The molecule has 0 spiro atoms. The Bertz CT molecular complexity index is 199. The molecule has 3 heteroatoms. The third-order valence-corrected chi connectivity index (χ3v) is 2.19. The van der Waals surface area contributed by atoms with Crippen LogP contribution in [0.5, 0.6) is 0 Å². The van der Waals surface area contributed by atoms with Gasteiger partial charge in [0.25, 0.3) is 0 Å². The van der Waals surface area contributed by atoms with Gasteiger partial charge in [-0.25, -0.2) is 0 Å². The summed E-state index contributed by atoms with van der Waals surface area (Å²) in [5.74, 6) is -0.0753. The predicted molar refractivity (Wildman–Crippen MR) is 59.9 cm³/mol. The minimum Gasteiger partial charge on any atom is -0.352 e. The Morgan fingerprint density at radius 3 is 2.71 bits per heavy atom. The quantitative estimate of drug-likeness (QED) is 0.637. The van der Waals surface area contributed by atoms with Crippen molar-refractivity contribution in [1.29, 1.82) is 0 Å². The van der Waals surface area contributed by atoms with Gasteiger partial charge >= 0.3 is 0 Å². The van der Waals surface area contributed by atoms with E-state index >= 15 is 0 Å². The van der Waals surface area contributed by atoms with Gasteiger partial charge in [0.15, 0.2) is 0 Å². The highest BCUT2D eigenvalue weighted by Crippen LogP contribution is 2.09. The first-order chi connectivity index (χ1) is 6.44. The minimum atomic E-state index is -0.746. The zero-order valence-electron chi connectivity index (χ0n) is 9.47. The molecule has 0 radical (unpaired) electrons. The second-order valence-corrected chi connectivity index (χ2v) is 4.07. The molecule has 2 atom stereocenters. The fraction of sp³-hybridized carbons (Fsp3) is 0.727. The lowest BCUT2D eigenvalue weighted by molar-refractivity contribution is -0.126. The van der Waals surface area contributed by atoms with Crippen LogP contribution in [0.15, 0.2) is 12.7 Å². The zero-order valence-corrected chi connectivity index (χ0v) is 9.47. The van der Waals surface area contributed by atoms with E-state index in [0.29, 0.717) is 6.42 Å². The van der Waals surface area contributed by atoms with Crippen molar-refractivity contribution in [1.82, 2.24) is 5.32 Å². The summed E-state index contributed by atoms with van der Waals surface area (Å²) in [6.45, 7) is 9.36. The van der Waals surface area contributed by atoms with Gasteiger partial charge in [0.05, 0.1) is 5.54 Å². The molecule has 0 aromatic heterocycles. The van der Waals surface area contributed by atoms with Crippen LogP contribution in [-0.4, -0.2) is 17.5 Å². The normalized spacial score (nSPS) is 16.9. The molecule has 0 fully saturated rings. The first-order valence-corrected chi connectivity index (χ1v) is 5.14. The smallest absolute Gasteiger partial charge is 0.240 e. The highest BCUT2D eigenvalue weighted by atomic mass is 16.2. The van der Waals surface area contributed by atoms with Gasteiger partial charge in [0, 0.05) is 6.04 Å². The number of nitrogens with one attached hydrogen (secondary N) is 1. The Morgan fingerprint density at radius 2 is 2.29 bits per heavy atom. The van der Waals surface area contributed by atoms with E-state index in [1.54, 1.807) is 13.0 Å². The molecule has 0 saturated carbocycles. The van der Waals surface area contributed by atoms with E-state index in [1.807, 2.05) is 13.8 Å². The summed E-state index contributed by atoms with van der Waals surface area (Å²) in [5.41, 5.74) is 5.13. The van der Waals surface area contributed by atoms with Crippen LogP contribution >= 0.6 is 0 Å².